The lowest BCUT2D eigenvalue weighted by Gasteiger charge is -2.13. The number of furan rings is 1. The van der Waals surface area contributed by atoms with E-state index in [0.29, 0.717) is 28.3 Å². The van der Waals surface area contributed by atoms with Gasteiger partial charge in [-0.1, -0.05) is 66.7 Å². The van der Waals surface area contributed by atoms with Crippen molar-refractivity contribution >= 4 is 35.5 Å². The highest BCUT2D eigenvalue weighted by molar-refractivity contribution is 6.05. The number of amides is 3. The molecule has 3 aromatic carbocycles. The van der Waals surface area contributed by atoms with E-state index >= 15 is 0 Å². The fourth-order valence-electron chi connectivity index (χ4n) is 3.66. The minimum atomic E-state index is -1.25. The monoisotopic (exact) mass is 535 g/mol. The molecule has 4 rings (SSSR count). The quantitative estimate of drug-likeness (QED) is 0.219. The van der Waals surface area contributed by atoms with Gasteiger partial charge in [-0.15, -0.1) is 0 Å². The topological polar surface area (TPSA) is 138 Å². The first-order valence-corrected chi connectivity index (χ1v) is 12.2. The molecular weight excluding hydrogens is 510 g/mol. The zero-order valence-corrected chi connectivity index (χ0v) is 21.2. The molecule has 4 aromatic rings. The predicted molar refractivity (Wildman–Crippen MR) is 150 cm³/mol. The summed E-state index contributed by atoms with van der Waals surface area (Å²) in [6, 6.07) is 28.1. The van der Waals surface area contributed by atoms with Crippen molar-refractivity contribution < 1.29 is 28.7 Å². The maximum Gasteiger partial charge on any atom is 0.328 e. The summed E-state index contributed by atoms with van der Waals surface area (Å²) in [6.45, 7) is 0.00387. The largest absolute Gasteiger partial charge is 0.478 e. The van der Waals surface area contributed by atoms with Gasteiger partial charge in [-0.3, -0.25) is 14.4 Å². The number of hydrogen-bond acceptors (Lipinski definition) is 5. The number of aliphatic carboxylic acids is 1. The number of hydrogen-bond donors (Lipinski definition) is 4. The van der Waals surface area contributed by atoms with Crippen molar-refractivity contribution in [3.63, 3.8) is 0 Å². The Kier molecular flexibility index (Phi) is 9.02. The number of carbonyl (C=O) groups is 4. The first-order valence-electron chi connectivity index (χ1n) is 12.2. The Morgan fingerprint density at radius 3 is 2.17 bits per heavy atom. The number of carboxylic acids is 1. The van der Waals surface area contributed by atoms with E-state index in [4.69, 9.17) is 9.52 Å². The van der Waals surface area contributed by atoms with Gasteiger partial charge < -0.3 is 25.5 Å². The van der Waals surface area contributed by atoms with E-state index in [-0.39, 0.29) is 12.2 Å². The van der Waals surface area contributed by atoms with Crippen molar-refractivity contribution in [3.05, 3.63) is 132 Å². The van der Waals surface area contributed by atoms with Crippen molar-refractivity contribution in [2.24, 2.45) is 0 Å². The third kappa shape index (κ3) is 7.65. The number of benzene rings is 3. The van der Waals surface area contributed by atoms with Crippen LogP contribution < -0.4 is 16.0 Å². The molecule has 3 amide bonds. The molecule has 0 saturated heterocycles. The molecule has 0 aliphatic heterocycles. The molecule has 0 saturated carbocycles. The van der Waals surface area contributed by atoms with Crippen LogP contribution in [0.15, 0.2) is 119 Å². The van der Waals surface area contributed by atoms with Crippen molar-refractivity contribution in [2.45, 2.75) is 6.54 Å². The third-order valence-electron chi connectivity index (χ3n) is 5.59. The van der Waals surface area contributed by atoms with Crippen LogP contribution in [0.1, 0.15) is 21.7 Å². The van der Waals surface area contributed by atoms with Gasteiger partial charge in [-0.2, -0.15) is 0 Å². The summed E-state index contributed by atoms with van der Waals surface area (Å²) < 4.78 is 5.90. The van der Waals surface area contributed by atoms with Crippen molar-refractivity contribution in [1.29, 1.82) is 0 Å². The van der Waals surface area contributed by atoms with Crippen LogP contribution in [0.5, 0.6) is 0 Å². The summed E-state index contributed by atoms with van der Waals surface area (Å²) in [5.74, 6) is -2.00. The lowest BCUT2D eigenvalue weighted by molar-refractivity contribution is -0.131. The highest BCUT2D eigenvalue weighted by Crippen LogP contribution is 2.23. The minimum Gasteiger partial charge on any atom is -0.478 e. The molecule has 4 N–H and O–H groups in total. The molecular formula is C31H25N3O6. The maximum absolute atomic E-state index is 13.3. The van der Waals surface area contributed by atoms with E-state index in [1.165, 1.54) is 6.08 Å². The summed E-state index contributed by atoms with van der Waals surface area (Å²) in [7, 11) is 0. The molecule has 200 valence electrons. The van der Waals surface area contributed by atoms with Crippen LogP contribution in [-0.4, -0.2) is 28.8 Å². The number of nitrogens with one attached hydrogen (secondary N) is 3. The normalized spacial score (nSPS) is 11.2. The molecule has 0 aliphatic carbocycles. The Labute approximate surface area is 229 Å². The first kappa shape index (κ1) is 27.3. The molecule has 0 radical (unpaired) electrons. The van der Waals surface area contributed by atoms with E-state index < -0.39 is 23.7 Å². The van der Waals surface area contributed by atoms with Crippen LogP contribution in [0.3, 0.4) is 0 Å². The Balaban J connectivity index is 1.54. The molecule has 9 heteroatoms. The van der Waals surface area contributed by atoms with Gasteiger partial charge in [0.15, 0.2) is 0 Å². The van der Waals surface area contributed by atoms with Gasteiger partial charge in [-0.25, -0.2) is 4.79 Å². The molecule has 0 bridgehead atoms. The molecule has 40 heavy (non-hydrogen) atoms. The second-order valence-electron chi connectivity index (χ2n) is 8.45. The summed E-state index contributed by atoms with van der Waals surface area (Å²) in [5, 5.41) is 16.7. The van der Waals surface area contributed by atoms with E-state index in [2.05, 4.69) is 16.0 Å². The summed E-state index contributed by atoms with van der Waals surface area (Å²) in [6.07, 6.45) is 3.06. The number of carboxylic acid groups (broad SMARTS) is 1. The van der Waals surface area contributed by atoms with Crippen LogP contribution in [-0.2, 0) is 20.9 Å². The molecule has 0 spiro atoms. The molecule has 0 unspecified atom stereocenters. The fourth-order valence-corrected chi connectivity index (χ4v) is 3.66. The number of rotatable bonds is 10. The Morgan fingerprint density at radius 2 is 1.45 bits per heavy atom. The van der Waals surface area contributed by atoms with Gasteiger partial charge in [0.1, 0.15) is 17.2 Å². The van der Waals surface area contributed by atoms with Gasteiger partial charge >= 0.3 is 5.97 Å². The zero-order valence-electron chi connectivity index (χ0n) is 21.2. The number of carbonyl (C=O) groups excluding carboxylic acids is 3. The van der Waals surface area contributed by atoms with Gasteiger partial charge in [0.25, 0.3) is 11.8 Å². The van der Waals surface area contributed by atoms with E-state index in [1.807, 2.05) is 30.3 Å². The van der Waals surface area contributed by atoms with E-state index in [9.17, 15) is 19.2 Å². The highest BCUT2D eigenvalue weighted by atomic mass is 16.4. The van der Waals surface area contributed by atoms with Crippen LogP contribution in [0.2, 0.25) is 0 Å². The molecule has 0 atom stereocenters. The summed E-state index contributed by atoms with van der Waals surface area (Å²) in [4.78, 5) is 48.9. The Bertz CT molecular complexity index is 1570. The van der Waals surface area contributed by atoms with Crippen LogP contribution in [0.4, 0.5) is 5.69 Å². The van der Waals surface area contributed by atoms with Gasteiger partial charge in [0.2, 0.25) is 5.91 Å². The minimum absolute atomic E-state index is 0.00387. The fraction of sp³-hybridized carbons (Fsp3) is 0.0323. The van der Waals surface area contributed by atoms with E-state index in [0.717, 1.165) is 17.7 Å². The summed E-state index contributed by atoms with van der Waals surface area (Å²) >= 11 is 0. The van der Waals surface area contributed by atoms with Crippen LogP contribution >= 0.6 is 0 Å². The Morgan fingerprint density at radius 1 is 0.775 bits per heavy atom. The average molecular weight is 536 g/mol. The van der Waals surface area contributed by atoms with Crippen molar-refractivity contribution in [2.75, 3.05) is 5.32 Å². The molecule has 1 heterocycles. The van der Waals surface area contributed by atoms with Crippen molar-refractivity contribution in [3.8, 4) is 11.3 Å². The maximum atomic E-state index is 13.3. The third-order valence-corrected chi connectivity index (χ3v) is 5.59. The number of para-hydroxylation sites is 1. The highest BCUT2D eigenvalue weighted by Gasteiger charge is 2.16. The molecule has 1 aromatic heterocycles. The summed E-state index contributed by atoms with van der Waals surface area (Å²) in [5.41, 5.74) is 2.13. The molecule has 0 fully saturated rings. The van der Waals surface area contributed by atoms with Crippen molar-refractivity contribution in [1.82, 2.24) is 10.6 Å². The lowest BCUT2D eigenvalue weighted by atomic mass is 10.1. The van der Waals surface area contributed by atoms with Crippen LogP contribution in [0, 0.1) is 0 Å². The SMILES string of the molecule is O=C(O)/C=C/C(=O)Nc1ccccc1CNC(=O)/C(=C/c1ccc(-c2ccccc2)o1)NC(=O)c1ccccc1. The standard InChI is InChI=1S/C31H25N3O6/c35-28(17-18-29(36)37)33-25-14-8-7-13-23(25)20-32-31(39)26(34-30(38)22-11-5-2-6-12-22)19-24-15-16-27(40-24)21-9-3-1-4-10-21/h1-19H,20H2,(H,32,39)(H,33,35)(H,34,38)(H,36,37)/b18-17+,26-19-. The van der Waals surface area contributed by atoms with E-state index in [1.54, 1.807) is 66.7 Å². The smallest absolute Gasteiger partial charge is 0.328 e. The zero-order chi connectivity index (χ0) is 28.3. The average Bonchev–Trinajstić information content (AvgIpc) is 3.44. The van der Waals surface area contributed by atoms with Gasteiger partial charge in [-0.05, 0) is 35.9 Å². The van der Waals surface area contributed by atoms with Crippen LogP contribution in [0.25, 0.3) is 17.4 Å². The number of anilines is 1. The molecule has 0 aliphatic rings. The Hall–Kier alpha value is -5.70. The van der Waals surface area contributed by atoms with Gasteiger partial charge in [0, 0.05) is 41.6 Å². The molecule has 9 nitrogen and oxygen atoms in total. The second-order valence-corrected chi connectivity index (χ2v) is 8.45. The second kappa shape index (κ2) is 13.2. The van der Waals surface area contributed by atoms with Gasteiger partial charge in [0.05, 0.1) is 0 Å². The predicted octanol–water partition coefficient (Wildman–Crippen LogP) is 4.61. The lowest BCUT2D eigenvalue weighted by Crippen LogP contribution is -2.34. The first-order chi connectivity index (χ1) is 19.4.